The number of aryl methyl sites for hydroxylation is 1. The molecule has 5 heteroatoms. The van der Waals surface area contributed by atoms with Crippen molar-refractivity contribution in [1.29, 1.82) is 0 Å². The molecule has 0 aliphatic rings. The molecule has 0 unspecified atom stereocenters. The summed E-state index contributed by atoms with van der Waals surface area (Å²) in [5, 5.41) is 11.2. The lowest BCUT2D eigenvalue weighted by molar-refractivity contribution is -0.384. The fourth-order valence-corrected chi connectivity index (χ4v) is 2.14. The first-order valence-corrected chi connectivity index (χ1v) is 6.51. The molecule has 2 rings (SSSR count). The van der Waals surface area contributed by atoms with Crippen LogP contribution in [-0.4, -0.2) is 18.3 Å². The van der Waals surface area contributed by atoms with E-state index in [0.717, 1.165) is 5.56 Å². The molecule has 0 bridgehead atoms. The lowest BCUT2D eigenvalue weighted by Gasteiger charge is -2.19. The number of benzene rings is 2. The highest BCUT2D eigenvalue weighted by molar-refractivity contribution is 5.79. The number of carbonyl (C=O) groups excluding carboxylic acids is 1. The summed E-state index contributed by atoms with van der Waals surface area (Å²) in [4.78, 5) is 23.2. The van der Waals surface area contributed by atoms with Gasteiger partial charge in [0.05, 0.1) is 4.92 Å². The lowest BCUT2D eigenvalue weighted by Crippen LogP contribution is -2.17. The van der Waals surface area contributed by atoms with Gasteiger partial charge in [-0.3, -0.25) is 14.9 Å². The molecule has 0 amide bonds. The SMILES string of the molecule is Cc1ccc(CN(C)c2ccc(C=O)cc2[N+](=O)[O-])cc1. The van der Waals surface area contributed by atoms with Gasteiger partial charge in [-0.25, -0.2) is 0 Å². The second kappa shape index (κ2) is 6.17. The highest BCUT2D eigenvalue weighted by Gasteiger charge is 2.18. The molecule has 0 saturated carbocycles. The van der Waals surface area contributed by atoms with Crippen molar-refractivity contribution in [1.82, 2.24) is 0 Å². The van der Waals surface area contributed by atoms with Crippen LogP contribution < -0.4 is 4.90 Å². The summed E-state index contributed by atoms with van der Waals surface area (Å²) in [5.74, 6) is 0. The minimum Gasteiger partial charge on any atom is -0.365 e. The normalized spacial score (nSPS) is 10.2. The molecule has 0 aromatic heterocycles. The smallest absolute Gasteiger partial charge is 0.293 e. The van der Waals surface area contributed by atoms with E-state index >= 15 is 0 Å². The molecule has 21 heavy (non-hydrogen) atoms. The third kappa shape index (κ3) is 3.45. The number of nitrogens with zero attached hydrogens (tertiary/aromatic N) is 2. The van der Waals surface area contributed by atoms with E-state index in [2.05, 4.69) is 0 Å². The van der Waals surface area contributed by atoms with Crippen LogP contribution in [0.25, 0.3) is 0 Å². The molecule has 0 N–H and O–H groups in total. The van der Waals surface area contributed by atoms with Crippen LogP contribution in [0.3, 0.4) is 0 Å². The zero-order valence-electron chi connectivity index (χ0n) is 11.9. The third-order valence-corrected chi connectivity index (χ3v) is 3.28. The number of anilines is 1. The summed E-state index contributed by atoms with van der Waals surface area (Å²) in [6.07, 6.45) is 0.608. The number of carbonyl (C=O) groups is 1. The minimum absolute atomic E-state index is 0.0609. The number of rotatable bonds is 5. The van der Waals surface area contributed by atoms with Crippen LogP contribution in [0.2, 0.25) is 0 Å². The van der Waals surface area contributed by atoms with Gasteiger partial charge in [-0.2, -0.15) is 0 Å². The predicted molar refractivity (Wildman–Crippen MR) is 81.8 cm³/mol. The van der Waals surface area contributed by atoms with E-state index in [-0.39, 0.29) is 5.69 Å². The van der Waals surface area contributed by atoms with E-state index in [9.17, 15) is 14.9 Å². The Kier molecular flexibility index (Phi) is 4.33. The molecule has 0 aliphatic carbocycles. The van der Waals surface area contributed by atoms with E-state index in [1.54, 1.807) is 24.1 Å². The molecule has 0 radical (unpaired) electrons. The van der Waals surface area contributed by atoms with Crippen LogP contribution in [-0.2, 0) is 6.54 Å². The van der Waals surface area contributed by atoms with Gasteiger partial charge in [-0.1, -0.05) is 29.8 Å². The topological polar surface area (TPSA) is 63.5 Å². The Morgan fingerprint density at radius 1 is 1.19 bits per heavy atom. The molecule has 0 heterocycles. The van der Waals surface area contributed by atoms with Crippen molar-refractivity contribution >= 4 is 17.7 Å². The van der Waals surface area contributed by atoms with E-state index in [1.165, 1.54) is 11.6 Å². The maximum absolute atomic E-state index is 11.2. The summed E-state index contributed by atoms with van der Waals surface area (Å²) < 4.78 is 0. The lowest BCUT2D eigenvalue weighted by atomic mass is 10.1. The van der Waals surface area contributed by atoms with Gasteiger partial charge in [-0.15, -0.1) is 0 Å². The van der Waals surface area contributed by atoms with Crippen LogP contribution in [0.5, 0.6) is 0 Å². The average molecular weight is 284 g/mol. The summed E-state index contributed by atoms with van der Waals surface area (Å²) in [7, 11) is 1.79. The molecular weight excluding hydrogens is 268 g/mol. The number of nitro benzene ring substituents is 1. The van der Waals surface area contributed by atoms with Crippen molar-refractivity contribution in [3.05, 3.63) is 69.3 Å². The first-order chi connectivity index (χ1) is 10.0. The standard InChI is InChI=1S/C16H16N2O3/c1-12-3-5-13(6-4-12)10-17(2)15-8-7-14(11-19)9-16(15)18(20)21/h3-9,11H,10H2,1-2H3. The van der Waals surface area contributed by atoms with Gasteiger partial charge in [0.25, 0.3) is 5.69 Å². The van der Waals surface area contributed by atoms with Gasteiger partial charge in [0.15, 0.2) is 0 Å². The number of hydrogen-bond donors (Lipinski definition) is 0. The van der Waals surface area contributed by atoms with Crippen LogP contribution >= 0.6 is 0 Å². The molecule has 0 fully saturated rings. The monoisotopic (exact) mass is 284 g/mol. The average Bonchev–Trinajstić information content (AvgIpc) is 2.48. The highest BCUT2D eigenvalue weighted by Crippen LogP contribution is 2.29. The Morgan fingerprint density at radius 2 is 1.86 bits per heavy atom. The quantitative estimate of drug-likeness (QED) is 0.480. The molecule has 0 spiro atoms. The summed E-state index contributed by atoms with van der Waals surface area (Å²) in [6, 6.07) is 12.5. The van der Waals surface area contributed by atoms with Gasteiger partial charge in [0.1, 0.15) is 12.0 Å². The minimum atomic E-state index is -0.464. The highest BCUT2D eigenvalue weighted by atomic mass is 16.6. The van der Waals surface area contributed by atoms with Crippen LogP contribution in [0.1, 0.15) is 21.5 Å². The van der Waals surface area contributed by atoms with Crippen molar-refractivity contribution in [3.8, 4) is 0 Å². The van der Waals surface area contributed by atoms with Crippen molar-refractivity contribution in [2.45, 2.75) is 13.5 Å². The van der Waals surface area contributed by atoms with E-state index < -0.39 is 4.92 Å². The Hall–Kier alpha value is -2.69. The van der Waals surface area contributed by atoms with Gasteiger partial charge < -0.3 is 4.90 Å². The van der Waals surface area contributed by atoms with E-state index in [0.29, 0.717) is 24.1 Å². The zero-order chi connectivity index (χ0) is 15.4. The van der Waals surface area contributed by atoms with Gasteiger partial charge in [0.2, 0.25) is 0 Å². The largest absolute Gasteiger partial charge is 0.365 e. The molecule has 0 saturated heterocycles. The van der Waals surface area contributed by atoms with Crippen LogP contribution in [0.4, 0.5) is 11.4 Å². The molecule has 0 aliphatic heterocycles. The van der Waals surface area contributed by atoms with Crippen LogP contribution in [0, 0.1) is 17.0 Å². The fourth-order valence-electron chi connectivity index (χ4n) is 2.14. The Morgan fingerprint density at radius 3 is 2.43 bits per heavy atom. The second-order valence-electron chi connectivity index (χ2n) is 4.96. The van der Waals surface area contributed by atoms with E-state index in [4.69, 9.17) is 0 Å². The maximum atomic E-state index is 11.2. The molecular formula is C16H16N2O3. The number of aldehydes is 1. The summed E-state index contributed by atoms with van der Waals surface area (Å²) in [5.41, 5.74) is 2.97. The van der Waals surface area contributed by atoms with Crippen molar-refractivity contribution in [2.75, 3.05) is 11.9 Å². The molecule has 0 atom stereocenters. The Labute approximate surface area is 123 Å². The van der Waals surface area contributed by atoms with Crippen molar-refractivity contribution in [3.63, 3.8) is 0 Å². The maximum Gasteiger partial charge on any atom is 0.293 e. The second-order valence-corrected chi connectivity index (χ2v) is 4.96. The number of nitro groups is 1. The van der Waals surface area contributed by atoms with E-state index in [1.807, 2.05) is 31.2 Å². The fraction of sp³-hybridized carbons (Fsp3) is 0.188. The predicted octanol–water partition coefficient (Wildman–Crippen LogP) is 3.35. The van der Waals surface area contributed by atoms with Crippen LogP contribution in [0.15, 0.2) is 42.5 Å². The van der Waals surface area contributed by atoms with Gasteiger partial charge >= 0.3 is 0 Å². The molecule has 2 aromatic rings. The van der Waals surface area contributed by atoms with Gasteiger partial charge in [-0.05, 0) is 24.6 Å². The third-order valence-electron chi connectivity index (χ3n) is 3.28. The summed E-state index contributed by atoms with van der Waals surface area (Å²) in [6.45, 7) is 2.57. The Bertz CT molecular complexity index is 666. The number of hydrogen-bond acceptors (Lipinski definition) is 4. The first kappa shape index (κ1) is 14.7. The zero-order valence-corrected chi connectivity index (χ0v) is 11.9. The van der Waals surface area contributed by atoms with Gasteiger partial charge in [0, 0.05) is 25.2 Å². The van der Waals surface area contributed by atoms with Crippen molar-refractivity contribution in [2.24, 2.45) is 0 Å². The first-order valence-electron chi connectivity index (χ1n) is 6.51. The van der Waals surface area contributed by atoms with Crippen molar-refractivity contribution < 1.29 is 9.72 Å². The molecule has 108 valence electrons. The molecule has 5 nitrogen and oxygen atoms in total. The molecule has 2 aromatic carbocycles. The summed E-state index contributed by atoms with van der Waals surface area (Å²) >= 11 is 0. The Balaban J connectivity index is 2.29.